The molecule has 0 spiro atoms. The van der Waals surface area contributed by atoms with E-state index in [1.165, 1.54) is 12.3 Å². The Morgan fingerprint density at radius 3 is 2.06 bits per heavy atom. The van der Waals surface area contributed by atoms with Crippen molar-refractivity contribution in [3.8, 4) is 0 Å². The molecule has 2 nitrogen and oxygen atoms in total. The third-order valence-electron chi connectivity index (χ3n) is 2.46. The third-order valence-corrected chi connectivity index (χ3v) is 2.46. The Bertz CT molecular complexity index is 415. The fraction of sp³-hybridized carbons (Fsp3) is 0.643. The predicted molar refractivity (Wildman–Crippen MR) is 71.3 cm³/mol. The summed E-state index contributed by atoms with van der Waals surface area (Å²) >= 11 is 0. The number of aromatic nitrogens is 1. The zero-order valence-electron chi connectivity index (χ0n) is 11.9. The molecule has 1 aromatic heterocycles. The van der Waals surface area contributed by atoms with Crippen LogP contribution >= 0.6 is 0 Å². The molecule has 0 fully saturated rings. The van der Waals surface area contributed by atoms with Gasteiger partial charge in [-0.3, -0.25) is 0 Å². The summed E-state index contributed by atoms with van der Waals surface area (Å²) in [6.07, 6.45) is -1.05. The van der Waals surface area contributed by atoms with Crippen molar-refractivity contribution in [2.45, 2.75) is 58.9 Å². The number of hydrogen-bond acceptors (Lipinski definition) is 2. The van der Waals surface area contributed by atoms with Crippen LogP contribution in [-0.4, -0.2) is 10.5 Å². The van der Waals surface area contributed by atoms with Crippen molar-refractivity contribution >= 4 is 5.82 Å². The van der Waals surface area contributed by atoms with Crippen molar-refractivity contribution in [1.29, 1.82) is 0 Å². The van der Waals surface area contributed by atoms with E-state index in [0.29, 0.717) is 11.4 Å². The van der Waals surface area contributed by atoms with Crippen molar-refractivity contribution in [2.75, 3.05) is 5.32 Å². The first-order valence-corrected chi connectivity index (χ1v) is 6.08. The lowest BCUT2D eigenvalue weighted by Gasteiger charge is -2.29. The molecule has 0 radical (unpaired) electrons. The van der Waals surface area contributed by atoms with Crippen molar-refractivity contribution in [3.05, 3.63) is 23.4 Å². The highest BCUT2D eigenvalue weighted by Crippen LogP contribution is 2.36. The van der Waals surface area contributed by atoms with Crippen LogP contribution in [0.25, 0.3) is 0 Å². The van der Waals surface area contributed by atoms with Gasteiger partial charge in [-0.1, -0.05) is 20.8 Å². The van der Waals surface area contributed by atoms with Crippen LogP contribution in [0.2, 0.25) is 0 Å². The fourth-order valence-electron chi connectivity index (χ4n) is 1.90. The third kappa shape index (κ3) is 3.65. The topological polar surface area (TPSA) is 24.9 Å². The molecule has 0 amide bonds. The van der Waals surface area contributed by atoms with Crippen molar-refractivity contribution in [3.63, 3.8) is 0 Å². The zero-order chi connectivity index (χ0) is 14.1. The van der Waals surface area contributed by atoms with Gasteiger partial charge in [-0.25, -0.2) is 13.8 Å². The van der Waals surface area contributed by atoms with E-state index in [0.717, 1.165) is 0 Å². The summed E-state index contributed by atoms with van der Waals surface area (Å²) in [5.74, 6) is 0.549. The van der Waals surface area contributed by atoms with Crippen molar-refractivity contribution in [2.24, 2.45) is 0 Å². The molecule has 1 heterocycles. The highest BCUT2D eigenvalue weighted by Gasteiger charge is 2.28. The molecular weight excluding hydrogens is 234 g/mol. The SMILES string of the molecule is CC(C)(C)Nc1nccc(C(F)F)c1C(C)(C)C. The molecule has 1 rings (SSSR count). The van der Waals surface area contributed by atoms with Crippen molar-refractivity contribution < 1.29 is 8.78 Å². The Kier molecular flexibility index (Phi) is 3.99. The number of pyridine rings is 1. The molecule has 0 aliphatic heterocycles. The van der Waals surface area contributed by atoms with E-state index in [-0.39, 0.29) is 16.5 Å². The van der Waals surface area contributed by atoms with Crippen LogP contribution < -0.4 is 5.32 Å². The summed E-state index contributed by atoms with van der Waals surface area (Å²) in [7, 11) is 0. The Morgan fingerprint density at radius 1 is 1.11 bits per heavy atom. The molecular formula is C14H22F2N2. The van der Waals surface area contributed by atoms with E-state index in [9.17, 15) is 8.78 Å². The lowest BCUT2D eigenvalue weighted by atomic mass is 9.83. The standard InChI is InChI=1S/C14H22F2N2/c1-13(2,3)10-9(11(15)16)7-8-17-12(10)18-14(4,5)6/h7-8,11H,1-6H3,(H,17,18). The van der Waals surface area contributed by atoms with E-state index < -0.39 is 6.43 Å². The molecule has 0 atom stereocenters. The Labute approximate surface area is 108 Å². The van der Waals surface area contributed by atoms with E-state index in [1.807, 2.05) is 41.5 Å². The van der Waals surface area contributed by atoms with Gasteiger partial charge in [0, 0.05) is 22.9 Å². The van der Waals surface area contributed by atoms with Gasteiger partial charge < -0.3 is 5.32 Å². The molecule has 0 aliphatic rings. The molecule has 0 bridgehead atoms. The van der Waals surface area contributed by atoms with Gasteiger partial charge in [0.05, 0.1) is 0 Å². The molecule has 0 saturated heterocycles. The van der Waals surface area contributed by atoms with Gasteiger partial charge in [0.25, 0.3) is 6.43 Å². The average molecular weight is 256 g/mol. The monoisotopic (exact) mass is 256 g/mol. The summed E-state index contributed by atoms with van der Waals surface area (Å²) < 4.78 is 26.2. The second kappa shape index (κ2) is 4.82. The minimum atomic E-state index is -2.48. The molecule has 0 aromatic carbocycles. The van der Waals surface area contributed by atoms with Gasteiger partial charge >= 0.3 is 0 Å². The first-order valence-electron chi connectivity index (χ1n) is 6.08. The Balaban J connectivity index is 3.39. The number of halogens is 2. The minimum Gasteiger partial charge on any atom is -0.365 e. The van der Waals surface area contributed by atoms with E-state index in [1.54, 1.807) is 0 Å². The maximum absolute atomic E-state index is 13.1. The molecule has 0 unspecified atom stereocenters. The predicted octanol–water partition coefficient (Wildman–Crippen LogP) is 4.53. The lowest BCUT2D eigenvalue weighted by Crippen LogP contribution is -2.29. The fourth-order valence-corrected chi connectivity index (χ4v) is 1.90. The summed E-state index contributed by atoms with van der Waals surface area (Å²) in [6, 6.07) is 1.40. The maximum atomic E-state index is 13.1. The molecule has 18 heavy (non-hydrogen) atoms. The van der Waals surface area contributed by atoms with Gasteiger partial charge in [-0.05, 0) is 32.3 Å². The van der Waals surface area contributed by atoms with E-state index in [2.05, 4.69) is 10.3 Å². The molecule has 4 heteroatoms. The number of rotatable bonds is 2. The van der Waals surface area contributed by atoms with Crippen LogP contribution in [0.5, 0.6) is 0 Å². The molecule has 102 valence electrons. The van der Waals surface area contributed by atoms with Gasteiger partial charge in [0.2, 0.25) is 0 Å². The van der Waals surface area contributed by atoms with Gasteiger partial charge in [0.15, 0.2) is 0 Å². The largest absolute Gasteiger partial charge is 0.365 e. The highest BCUT2D eigenvalue weighted by atomic mass is 19.3. The first-order chi connectivity index (χ1) is 8.02. The van der Waals surface area contributed by atoms with Gasteiger partial charge in [-0.15, -0.1) is 0 Å². The highest BCUT2D eigenvalue weighted by molar-refractivity contribution is 5.53. The van der Waals surface area contributed by atoms with Crippen LogP contribution in [-0.2, 0) is 5.41 Å². The maximum Gasteiger partial charge on any atom is 0.264 e. The first kappa shape index (κ1) is 14.9. The zero-order valence-corrected chi connectivity index (χ0v) is 11.9. The quantitative estimate of drug-likeness (QED) is 0.841. The molecule has 1 N–H and O–H groups in total. The van der Waals surface area contributed by atoms with Crippen LogP contribution in [0.15, 0.2) is 12.3 Å². The van der Waals surface area contributed by atoms with E-state index in [4.69, 9.17) is 0 Å². The molecule has 1 aromatic rings. The number of nitrogens with zero attached hydrogens (tertiary/aromatic N) is 1. The van der Waals surface area contributed by atoms with Crippen LogP contribution in [0.4, 0.5) is 14.6 Å². The normalized spacial score (nSPS) is 12.9. The van der Waals surface area contributed by atoms with Crippen LogP contribution in [0.1, 0.15) is 59.1 Å². The van der Waals surface area contributed by atoms with Gasteiger partial charge in [-0.2, -0.15) is 0 Å². The average Bonchev–Trinajstić information content (AvgIpc) is 2.12. The summed E-state index contributed by atoms with van der Waals surface area (Å²) in [5, 5.41) is 3.21. The minimum absolute atomic E-state index is 0.0595. The van der Waals surface area contributed by atoms with E-state index >= 15 is 0 Å². The number of hydrogen-bond donors (Lipinski definition) is 1. The smallest absolute Gasteiger partial charge is 0.264 e. The molecule has 0 saturated carbocycles. The Morgan fingerprint density at radius 2 is 1.67 bits per heavy atom. The molecule has 0 aliphatic carbocycles. The summed E-state index contributed by atoms with van der Waals surface area (Å²) in [6.45, 7) is 11.7. The number of alkyl halides is 2. The lowest BCUT2D eigenvalue weighted by molar-refractivity contribution is 0.148. The Hall–Kier alpha value is -1.19. The summed E-state index contributed by atoms with van der Waals surface area (Å²) in [4.78, 5) is 4.23. The van der Waals surface area contributed by atoms with Crippen LogP contribution in [0.3, 0.4) is 0 Å². The second-order valence-electron chi connectivity index (χ2n) is 6.55. The van der Waals surface area contributed by atoms with Gasteiger partial charge in [0.1, 0.15) is 5.82 Å². The summed E-state index contributed by atoms with van der Waals surface area (Å²) in [5.41, 5.74) is 0.0561. The second-order valence-corrected chi connectivity index (χ2v) is 6.55. The van der Waals surface area contributed by atoms with Crippen molar-refractivity contribution in [1.82, 2.24) is 4.98 Å². The number of nitrogens with one attached hydrogen (secondary N) is 1. The number of anilines is 1. The van der Waals surface area contributed by atoms with Crippen LogP contribution in [0, 0.1) is 0 Å².